The Bertz CT molecular complexity index is 1070. The van der Waals surface area contributed by atoms with Crippen molar-refractivity contribution in [1.29, 1.82) is 0 Å². The normalized spacial score (nSPS) is 19.6. The van der Waals surface area contributed by atoms with Gasteiger partial charge in [0.2, 0.25) is 5.95 Å². The first-order valence-corrected chi connectivity index (χ1v) is 10.0. The van der Waals surface area contributed by atoms with Gasteiger partial charge in [0.15, 0.2) is 0 Å². The SMILES string of the molecule is Cc1cc(C)nc(-n2[nH]c(-c3cnc(N4CC(C)CC(C)C4)nc3C)cc2=O)n1. The van der Waals surface area contributed by atoms with Crippen LogP contribution in [0.2, 0.25) is 0 Å². The van der Waals surface area contributed by atoms with Crippen molar-refractivity contribution in [2.24, 2.45) is 11.8 Å². The molecule has 0 spiro atoms. The van der Waals surface area contributed by atoms with Gasteiger partial charge in [-0.05, 0) is 45.1 Å². The molecule has 2 atom stereocenters. The summed E-state index contributed by atoms with van der Waals surface area (Å²) in [6.45, 7) is 12.2. The topological polar surface area (TPSA) is 92.6 Å². The summed E-state index contributed by atoms with van der Waals surface area (Å²) in [5, 5.41) is 3.11. The van der Waals surface area contributed by atoms with E-state index in [1.807, 2.05) is 26.8 Å². The fourth-order valence-electron chi connectivity index (χ4n) is 4.19. The predicted molar refractivity (Wildman–Crippen MR) is 112 cm³/mol. The Labute approximate surface area is 170 Å². The van der Waals surface area contributed by atoms with E-state index in [-0.39, 0.29) is 5.56 Å². The van der Waals surface area contributed by atoms with Crippen molar-refractivity contribution in [3.8, 4) is 17.2 Å². The van der Waals surface area contributed by atoms with E-state index in [4.69, 9.17) is 4.98 Å². The lowest BCUT2D eigenvalue weighted by Crippen LogP contribution is -2.39. The summed E-state index contributed by atoms with van der Waals surface area (Å²) in [4.78, 5) is 32.9. The van der Waals surface area contributed by atoms with Gasteiger partial charge < -0.3 is 4.90 Å². The molecule has 0 saturated carbocycles. The lowest BCUT2D eigenvalue weighted by Gasteiger charge is -2.35. The highest BCUT2D eigenvalue weighted by Gasteiger charge is 2.24. The van der Waals surface area contributed by atoms with Crippen molar-refractivity contribution >= 4 is 5.95 Å². The molecule has 1 saturated heterocycles. The number of anilines is 1. The summed E-state index contributed by atoms with van der Waals surface area (Å²) in [6.07, 6.45) is 3.03. The van der Waals surface area contributed by atoms with Crippen LogP contribution in [0.25, 0.3) is 17.2 Å². The number of aromatic amines is 1. The monoisotopic (exact) mass is 393 g/mol. The van der Waals surface area contributed by atoms with E-state index in [1.54, 1.807) is 6.20 Å². The average molecular weight is 393 g/mol. The summed E-state index contributed by atoms with van der Waals surface area (Å²) in [7, 11) is 0. The maximum atomic E-state index is 12.5. The molecule has 0 bridgehead atoms. The van der Waals surface area contributed by atoms with Crippen molar-refractivity contribution in [1.82, 2.24) is 29.7 Å². The number of rotatable bonds is 3. The van der Waals surface area contributed by atoms with Gasteiger partial charge in [-0.1, -0.05) is 13.8 Å². The van der Waals surface area contributed by atoms with E-state index in [2.05, 4.69) is 38.8 Å². The molecular formula is C21H27N7O. The van der Waals surface area contributed by atoms with Crippen LogP contribution in [0.15, 0.2) is 23.1 Å². The Morgan fingerprint density at radius 2 is 1.62 bits per heavy atom. The maximum Gasteiger partial charge on any atom is 0.274 e. The van der Waals surface area contributed by atoms with Crippen LogP contribution in [0.1, 0.15) is 37.4 Å². The average Bonchev–Trinajstić information content (AvgIpc) is 3.01. The summed E-state index contributed by atoms with van der Waals surface area (Å²) in [5.41, 5.74) is 3.69. The van der Waals surface area contributed by atoms with Gasteiger partial charge in [-0.25, -0.2) is 19.9 Å². The highest BCUT2D eigenvalue weighted by molar-refractivity contribution is 5.61. The standard InChI is InChI=1S/C21H27N7O/c1-12-6-13(2)11-27(10-12)20-22-9-17(16(5)25-20)18-8-19(29)28(26-18)21-23-14(3)7-15(4)24-21/h7-9,12-13,26H,6,10-11H2,1-5H3. The summed E-state index contributed by atoms with van der Waals surface area (Å²) in [5.74, 6) is 2.35. The van der Waals surface area contributed by atoms with E-state index in [9.17, 15) is 4.79 Å². The van der Waals surface area contributed by atoms with Crippen LogP contribution in [0.4, 0.5) is 5.95 Å². The second-order valence-corrected chi connectivity index (χ2v) is 8.31. The van der Waals surface area contributed by atoms with E-state index in [0.717, 1.165) is 41.7 Å². The second kappa shape index (κ2) is 7.42. The lowest BCUT2D eigenvalue weighted by molar-refractivity contribution is 0.353. The molecule has 4 heterocycles. The van der Waals surface area contributed by atoms with Crippen molar-refractivity contribution in [2.75, 3.05) is 18.0 Å². The quantitative estimate of drug-likeness (QED) is 0.736. The summed E-state index contributed by atoms with van der Waals surface area (Å²) in [6, 6.07) is 3.41. The minimum Gasteiger partial charge on any atom is -0.340 e. The molecule has 1 aliphatic rings. The maximum absolute atomic E-state index is 12.5. The number of aromatic nitrogens is 6. The molecule has 1 N–H and O–H groups in total. The molecule has 3 aromatic heterocycles. The zero-order chi connectivity index (χ0) is 20.7. The molecule has 29 heavy (non-hydrogen) atoms. The van der Waals surface area contributed by atoms with Crippen LogP contribution >= 0.6 is 0 Å². The van der Waals surface area contributed by atoms with Crippen LogP contribution < -0.4 is 10.5 Å². The summed E-state index contributed by atoms with van der Waals surface area (Å²) < 4.78 is 1.36. The van der Waals surface area contributed by atoms with Crippen molar-refractivity contribution in [2.45, 2.75) is 41.0 Å². The van der Waals surface area contributed by atoms with Crippen LogP contribution in [-0.2, 0) is 0 Å². The molecule has 0 aromatic carbocycles. The Kier molecular flexibility index (Phi) is 4.94. The number of aryl methyl sites for hydroxylation is 3. The largest absolute Gasteiger partial charge is 0.340 e. The van der Waals surface area contributed by atoms with Gasteiger partial charge in [-0.15, -0.1) is 0 Å². The highest BCUT2D eigenvalue weighted by Crippen LogP contribution is 2.26. The highest BCUT2D eigenvalue weighted by atomic mass is 16.1. The molecule has 0 aliphatic carbocycles. The summed E-state index contributed by atoms with van der Waals surface area (Å²) >= 11 is 0. The Balaban J connectivity index is 1.67. The molecule has 8 nitrogen and oxygen atoms in total. The van der Waals surface area contributed by atoms with Crippen LogP contribution in [-0.4, -0.2) is 42.8 Å². The number of nitrogens with zero attached hydrogens (tertiary/aromatic N) is 6. The Morgan fingerprint density at radius 3 is 2.24 bits per heavy atom. The molecule has 4 rings (SSSR count). The second-order valence-electron chi connectivity index (χ2n) is 8.31. The zero-order valence-corrected chi connectivity index (χ0v) is 17.6. The van der Waals surface area contributed by atoms with Crippen molar-refractivity contribution in [3.63, 3.8) is 0 Å². The van der Waals surface area contributed by atoms with E-state index < -0.39 is 0 Å². The molecular weight excluding hydrogens is 366 g/mol. The Morgan fingerprint density at radius 1 is 0.966 bits per heavy atom. The van der Waals surface area contributed by atoms with E-state index >= 15 is 0 Å². The number of nitrogens with one attached hydrogen (secondary N) is 1. The zero-order valence-electron chi connectivity index (χ0n) is 17.6. The first-order valence-electron chi connectivity index (χ1n) is 10.0. The first-order chi connectivity index (χ1) is 13.8. The fraction of sp³-hybridized carbons (Fsp3) is 0.476. The van der Waals surface area contributed by atoms with Gasteiger partial charge in [-0.3, -0.25) is 9.89 Å². The molecule has 1 fully saturated rings. The lowest BCUT2D eigenvalue weighted by atomic mass is 9.92. The van der Waals surface area contributed by atoms with E-state index in [1.165, 1.54) is 17.2 Å². The van der Waals surface area contributed by atoms with Crippen molar-refractivity contribution in [3.05, 3.63) is 45.8 Å². The number of hydrogen-bond acceptors (Lipinski definition) is 6. The van der Waals surface area contributed by atoms with Crippen LogP contribution in [0.3, 0.4) is 0 Å². The van der Waals surface area contributed by atoms with Gasteiger partial charge in [0.1, 0.15) is 0 Å². The minimum absolute atomic E-state index is 0.216. The number of piperidine rings is 1. The van der Waals surface area contributed by atoms with Gasteiger partial charge in [-0.2, -0.15) is 4.68 Å². The molecule has 152 valence electrons. The van der Waals surface area contributed by atoms with Crippen LogP contribution in [0.5, 0.6) is 0 Å². The van der Waals surface area contributed by atoms with Gasteiger partial charge in [0.05, 0.1) is 11.4 Å². The minimum atomic E-state index is -0.216. The molecule has 3 aromatic rings. The fourth-order valence-corrected chi connectivity index (χ4v) is 4.19. The molecule has 1 aliphatic heterocycles. The number of H-pyrrole nitrogens is 1. The molecule has 0 amide bonds. The third kappa shape index (κ3) is 3.92. The third-order valence-corrected chi connectivity index (χ3v) is 5.30. The number of hydrogen-bond donors (Lipinski definition) is 1. The molecule has 0 radical (unpaired) electrons. The van der Waals surface area contributed by atoms with Gasteiger partial charge >= 0.3 is 0 Å². The van der Waals surface area contributed by atoms with Crippen molar-refractivity contribution < 1.29 is 0 Å². The van der Waals surface area contributed by atoms with Crippen LogP contribution in [0, 0.1) is 32.6 Å². The first kappa shape index (κ1) is 19.3. The van der Waals surface area contributed by atoms with E-state index in [0.29, 0.717) is 23.5 Å². The molecule has 8 heteroatoms. The Hall–Kier alpha value is -3.03. The van der Waals surface area contributed by atoms with Gasteiger partial charge in [0.25, 0.3) is 11.5 Å². The molecule has 2 unspecified atom stereocenters. The van der Waals surface area contributed by atoms with Gasteiger partial charge in [0, 0.05) is 42.3 Å². The smallest absolute Gasteiger partial charge is 0.274 e. The third-order valence-electron chi connectivity index (χ3n) is 5.30. The predicted octanol–water partition coefficient (Wildman–Crippen LogP) is 2.82.